The zero-order chi connectivity index (χ0) is 21.4. The number of anilines is 1. The molecular formula is C26H24N2O3. The molecule has 1 fully saturated rings. The summed E-state index contributed by atoms with van der Waals surface area (Å²) < 4.78 is 5.78. The molecule has 0 bridgehead atoms. The standard InChI is InChI=1S/C26H24N2O3/c1-2-24(30)28-21-12-7-6-11-19(21)27-20-15-18(17-9-4-3-5-10-17)16-22(29)25(20)26(28)23-13-8-14-31-23/h3-14,18,25-26H,2,15-16H2,1H3/t18-,25?,26+/m0/s1. The highest BCUT2D eigenvalue weighted by Crippen LogP contribution is 2.47. The van der Waals surface area contributed by atoms with Crippen molar-refractivity contribution in [1.82, 2.24) is 0 Å². The van der Waals surface area contributed by atoms with Crippen molar-refractivity contribution in [3.63, 3.8) is 0 Å². The fourth-order valence-electron chi connectivity index (χ4n) is 4.87. The van der Waals surface area contributed by atoms with Crippen LogP contribution in [-0.2, 0) is 9.59 Å². The van der Waals surface area contributed by atoms with Crippen LogP contribution in [0.5, 0.6) is 0 Å². The Balaban J connectivity index is 1.67. The van der Waals surface area contributed by atoms with Crippen molar-refractivity contribution < 1.29 is 14.0 Å². The Bertz CT molecular complexity index is 1130. The second-order valence-electron chi connectivity index (χ2n) is 8.13. The van der Waals surface area contributed by atoms with Crippen molar-refractivity contribution in [2.45, 2.75) is 38.1 Å². The monoisotopic (exact) mass is 412 g/mol. The number of carbonyl (C=O) groups excluding carboxylic acids is 2. The summed E-state index contributed by atoms with van der Waals surface area (Å²) in [5.74, 6) is 0.225. The Kier molecular flexibility index (Phi) is 5.02. The summed E-state index contributed by atoms with van der Waals surface area (Å²) in [7, 11) is 0. The van der Waals surface area contributed by atoms with E-state index in [-0.39, 0.29) is 17.6 Å². The lowest BCUT2D eigenvalue weighted by atomic mass is 9.73. The molecule has 1 aliphatic heterocycles. The first-order valence-corrected chi connectivity index (χ1v) is 10.8. The highest BCUT2D eigenvalue weighted by molar-refractivity contribution is 6.13. The van der Waals surface area contributed by atoms with Gasteiger partial charge in [-0.3, -0.25) is 19.5 Å². The lowest BCUT2D eigenvalue weighted by Gasteiger charge is -2.37. The van der Waals surface area contributed by atoms with Crippen molar-refractivity contribution in [2.24, 2.45) is 10.9 Å². The van der Waals surface area contributed by atoms with Gasteiger partial charge in [-0.05, 0) is 42.2 Å². The van der Waals surface area contributed by atoms with Crippen molar-refractivity contribution in [1.29, 1.82) is 0 Å². The fourth-order valence-corrected chi connectivity index (χ4v) is 4.87. The molecule has 31 heavy (non-hydrogen) atoms. The Morgan fingerprint density at radius 3 is 2.55 bits per heavy atom. The number of aliphatic imine (C=N–C) groups is 1. The van der Waals surface area contributed by atoms with Crippen molar-refractivity contribution in [2.75, 3.05) is 4.90 Å². The third-order valence-electron chi connectivity index (χ3n) is 6.29. The minimum absolute atomic E-state index is 0.0525. The van der Waals surface area contributed by atoms with E-state index < -0.39 is 12.0 Å². The van der Waals surface area contributed by atoms with Gasteiger partial charge in [0.1, 0.15) is 17.6 Å². The largest absolute Gasteiger partial charge is 0.467 e. The van der Waals surface area contributed by atoms with Crippen LogP contribution in [0.25, 0.3) is 0 Å². The van der Waals surface area contributed by atoms with Gasteiger partial charge < -0.3 is 4.42 Å². The van der Waals surface area contributed by atoms with Crippen LogP contribution in [0.2, 0.25) is 0 Å². The molecule has 1 unspecified atom stereocenters. The summed E-state index contributed by atoms with van der Waals surface area (Å²) in [6, 6.07) is 20.9. The number of ketones is 1. The third-order valence-corrected chi connectivity index (χ3v) is 6.29. The third kappa shape index (κ3) is 3.40. The van der Waals surface area contributed by atoms with Gasteiger partial charge in [-0.15, -0.1) is 0 Å². The smallest absolute Gasteiger partial charge is 0.227 e. The molecule has 1 aromatic heterocycles. The van der Waals surface area contributed by atoms with Crippen molar-refractivity contribution in [3.05, 3.63) is 84.3 Å². The quantitative estimate of drug-likeness (QED) is 0.561. The average Bonchev–Trinajstić information content (AvgIpc) is 3.28. The van der Waals surface area contributed by atoms with Crippen LogP contribution in [0.3, 0.4) is 0 Å². The van der Waals surface area contributed by atoms with Crippen LogP contribution < -0.4 is 4.90 Å². The number of carbonyl (C=O) groups is 2. The zero-order valence-electron chi connectivity index (χ0n) is 17.4. The summed E-state index contributed by atoms with van der Waals surface area (Å²) in [6.45, 7) is 1.84. The van der Waals surface area contributed by atoms with Gasteiger partial charge in [0, 0.05) is 18.6 Å². The number of amides is 1. The molecule has 2 aromatic carbocycles. The number of nitrogens with zero attached hydrogens (tertiary/aromatic N) is 2. The topological polar surface area (TPSA) is 62.9 Å². The summed E-state index contributed by atoms with van der Waals surface area (Å²) in [5, 5.41) is 0. The van der Waals surface area contributed by atoms with Crippen LogP contribution in [0.1, 0.15) is 49.5 Å². The summed E-state index contributed by atoms with van der Waals surface area (Å²) in [4.78, 5) is 33.5. The molecular weight excluding hydrogens is 388 g/mol. The molecule has 1 amide bonds. The Morgan fingerprint density at radius 1 is 1.03 bits per heavy atom. The molecule has 5 rings (SSSR count). The molecule has 0 saturated heterocycles. The maximum Gasteiger partial charge on any atom is 0.227 e. The predicted molar refractivity (Wildman–Crippen MR) is 120 cm³/mol. The number of Topliss-reactive ketones (excluding diaryl/α,β-unsaturated/α-hetero) is 1. The zero-order valence-corrected chi connectivity index (χ0v) is 17.4. The normalized spacial score (nSPS) is 22.9. The van der Waals surface area contributed by atoms with E-state index in [1.807, 2.05) is 55.5 Å². The van der Waals surface area contributed by atoms with Gasteiger partial charge in [-0.2, -0.15) is 0 Å². The number of furan rings is 1. The van der Waals surface area contributed by atoms with E-state index in [4.69, 9.17) is 9.41 Å². The Labute approximate surface area is 181 Å². The number of hydrogen-bond acceptors (Lipinski definition) is 4. The van der Waals surface area contributed by atoms with E-state index in [1.54, 1.807) is 17.2 Å². The lowest BCUT2D eigenvalue weighted by Crippen LogP contribution is -2.45. The Hall–Kier alpha value is -3.47. The molecule has 3 aromatic rings. The molecule has 0 spiro atoms. The van der Waals surface area contributed by atoms with Gasteiger partial charge in [-0.1, -0.05) is 49.4 Å². The fraction of sp³-hybridized carbons (Fsp3) is 0.269. The first kappa shape index (κ1) is 19.5. The van der Waals surface area contributed by atoms with Gasteiger partial charge in [0.2, 0.25) is 5.91 Å². The van der Waals surface area contributed by atoms with E-state index in [0.717, 1.165) is 22.6 Å². The molecule has 156 valence electrons. The molecule has 5 heteroatoms. The maximum atomic E-state index is 13.6. The van der Waals surface area contributed by atoms with Crippen LogP contribution in [0, 0.1) is 5.92 Å². The Morgan fingerprint density at radius 2 is 1.81 bits per heavy atom. The molecule has 0 N–H and O–H groups in total. The summed E-state index contributed by atoms with van der Waals surface area (Å²) >= 11 is 0. The highest BCUT2D eigenvalue weighted by atomic mass is 16.3. The minimum Gasteiger partial charge on any atom is -0.467 e. The molecule has 5 nitrogen and oxygen atoms in total. The molecule has 3 atom stereocenters. The van der Waals surface area contributed by atoms with E-state index in [0.29, 0.717) is 25.0 Å². The van der Waals surface area contributed by atoms with Gasteiger partial charge in [-0.25, -0.2) is 0 Å². The second kappa shape index (κ2) is 7.99. The molecule has 2 aliphatic rings. The predicted octanol–water partition coefficient (Wildman–Crippen LogP) is 5.61. The second-order valence-corrected chi connectivity index (χ2v) is 8.13. The summed E-state index contributed by atoms with van der Waals surface area (Å²) in [5.41, 5.74) is 3.41. The van der Waals surface area contributed by atoms with Gasteiger partial charge in [0.05, 0.1) is 23.6 Å². The SMILES string of the molecule is CCC(=O)N1c2ccccc2N=C2C[C@H](c3ccccc3)CC(=O)C2[C@H]1c1ccco1. The van der Waals surface area contributed by atoms with Gasteiger partial charge in [0.15, 0.2) is 0 Å². The lowest BCUT2D eigenvalue weighted by molar-refractivity contribution is -0.123. The van der Waals surface area contributed by atoms with Gasteiger partial charge >= 0.3 is 0 Å². The van der Waals surface area contributed by atoms with Crippen LogP contribution in [0.15, 0.2) is 82.4 Å². The van der Waals surface area contributed by atoms with Crippen molar-refractivity contribution in [3.8, 4) is 0 Å². The molecule has 1 saturated carbocycles. The van der Waals surface area contributed by atoms with Crippen molar-refractivity contribution >= 4 is 28.8 Å². The number of fused-ring (bicyclic) bond motifs is 2. The average molecular weight is 412 g/mol. The highest BCUT2D eigenvalue weighted by Gasteiger charge is 2.47. The molecule has 1 aliphatic carbocycles. The number of benzene rings is 2. The number of hydrogen-bond donors (Lipinski definition) is 0. The number of para-hydroxylation sites is 2. The first-order chi connectivity index (χ1) is 15.2. The van der Waals surface area contributed by atoms with E-state index in [1.165, 1.54) is 0 Å². The first-order valence-electron chi connectivity index (χ1n) is 10.8. The van der Waals surface area contributed by atoms with E-state index in [9.17, 15) is 9.59 Å². The number of rotatable bonds is 3. The van der Waals surface area contributed by atoms with Gasteiger partial charge in [0.25, 0.3) is 0 Å². The van der Waals surface area contributed by atoms with E-state index >= 15 is 0 Å². The maximum absolute atomic E-state index is 13.6. The summed E-state index contributed by atoms with van der Waals surface area (Å²) in [6.07, 6.45) is 3.03. The van der Waals surface area contributed by atoms with Crippen LogP contribution in [-0.4, -0.2) is 17.4 Å². The van der Waals surface area contributed by atoms with Crippen LogP contribution >= 0.6 is 0 Å². The molecule has 0 radical (unpaired) electrons. The van der Waals surface area contributed by atoms with E-state index in [2.05, 4.69) is 12.1 Å². The molecule has 2 heterocycles. The van der Waals surface area contributed by atoms with Crippen LogP contribution in [0.4, 0.5) is 11.4 Å². The minimum atomic E-state index is -0.533.